The van der Waals surface area contributed by atoms with E-state index >= 15 is 0 Å². The zero-order valence-corrected chi connectivity index (χ0v) is 18.9. The Morgan fingerprint density at radius 2 is 2.06 bits per heavy atom. The third-order valence-corrected chi connectivity index (χ3v) is 6.27. The zero-order valence-electron chi connectivity index (χ0n) is 17.3. The number of halogens is 1. The van der Waals surface area contributed by atoms with E-state index in [1.165, 1.54) is 11.8 Å². The van der Waals surface area contributed by atoms with Crippen LogP contribution in [0.15, 0.2) is 40.5 Å². The molecule has 2 amide bonds. The quantitative estimate of drug-likeness (QED) is 0.253. The van der Waals surface area contributed by atoms with E-state index in [4.69, 9.17) is 11.1 Å². The molecule has 1 aromatic rings. The normalized spacial score (nSPS) is 18.6. The molecule has 164 valence electrons. The third kappa shape index (κ3) is 6.39. The topological polar surface area (TPSA) is 135 Å². The minimum Gasteiger partial charge on any atom is -0.384 e. The molecule has 2 aliphatic rings. The second-order valence-corrected chi connectivity index (χ2v) is 9.14. The van der Waals surface area contributed by atoms with Crippen LogP contribution in [0.3, 0.4) is 0 Å². The molecule has 8 nitrogen and oxygen atoms in total. The predicted molar refractivity (Wildman–Crippen MR) is 121 cm³/mol. The van der Waals surface area contributed by atoms with Gasteiger partial charge in [-0.3, -0.25) is 19.9 Å². The smallest absolute Gasteiger partial charge is 0.253 e. The summed E-state index contributed by atoms with van der Waals surface area (Å²) in [6, 6.07) is 10.4. The number of likely N-dealkylation sites (tertiary alicyclic amines) is 1. The molecule has 1 heterocycles. The number of nitrogens with zero attached hydrogens (tertiary/aromatic N) is 2. The van der Waals surface area contributed by atoms with Crippen LogP contribution in [0.25, 0.3) is 0 Å². The summed E-state index contributed by atoms with van der Waals surface area (Å²) in [6.45, 7) is 2.40. The Morgan fingerprint density at radius 1 is 1.35 bits per heavy atom. The van der Waals surface area contributed by atoms with E-state index in [0.29, 0.717) is 12.8 Å². The van der Waals surface area contributed by atoms with Crippen LogP contribution in [0, 0.1) is 22.7 Å². The summed E-state index contributed by atoms with van der Waals surface area (Å²) in [7, 11) is 0. The van der Waals surface area contributed by atoms with Gasteiger partial charge in [0, 0.05) is 36.2 Å². The lowest BCUT2D eigenvalue weighted by molar-refractivity contribution is -0.120. The number of benzene rings is 1. The first-order valence-corrected chi connectivity index (χ1v) is 11.1. The van der Waals surface area contributed by atoms with Crippen molar-refractivity contribution < 1.29 is 9.59 Å². The van der Waals surface area contributed by atoms with E-state index < -0.39 is 11.4 Å². The van der Waals surface area contributed by atoms with Crippen LogP contribution in [-0.4, -0.2) is 41.2 Å². The van der Waals surface area contributed by atoms with Crippen molar-refractivity contribution in [3.8, 4) is 6.07 Å². The van der Waals surface area contributed by atoms with Crippen molar-refractivity contribution in [3.05, 3.63) is 46.1 Å². The summed E-state index contributed by atoms with van der Waals surface area (Å²) in [5.41, 5.74) is 6.05. The first-order chi connectivity index (χ1) is 14.8. The molecule has 31 heavy (non-hydrogen) atoms. The van der Waals surface area contributed by atoms with Crippen molar-refractivity contribution in [2.75, 3.05) is 13.1 Å². The number of carbonyl (C=O) groups is 2. The molecule has 1 saturated carbocycles. The largest absolute Gasteiger partial charge is 0.384 e. The lowest BCUT2D eigenvalue weighted by Crippen LogP contribution is -2.51. The maximum Gasteiger partial charge on any atom is 0.253 e. The second kappa shape index (κ2) is 10.1. The molecular formula is C22H27BrN6O2. The monoisotopic (exact) mass is 486 g/mol. The first kappa shape index (κ1) is 23.0. The molecule has 0 spiro atoms. The maximum atomic E-state index is 11.9. The van der Waals surface area contributed by atoms with Crippen LogP contribution in [0.4, 0.5) is 0 Å². The highest BCUT2D eigenvalue weighted by Crippen LogP contribution is 2.29. The lowest BCUT2D eigenvalue weighted by Gasteiger charge is -2.41. The molecule has 1 aromatic carbocycles. The van der Waals surface area contributed by atoms with Gasteiger partial charge in [0.25, 0.3) is 5.91 Å². The molecule has 0 atom stereocenters. The fourth-order valence-corrected chi connectivity index (χ4v) is 4.13. The van der Waals surface area contributed by atoms with Gasteiger partial charge in [0.15, 0.2) is 0 Å². The Balaban J connectivity index is 1.63. The summed E-state index contributed by atoms with van der Waals surface area (Å²) in [6.07, 6.45) is 4.67. The fourth-order valence-electron chi connectivity index (χ4n) is 3.69. The van der Waals surface area contributed by atoms with Gasteiger partial charge in [0.2, 0.25) is 5.91 Å². The number of piperidine rings is 1. The van der Waals surface area contributed by atoms with Gasteiger partial charge in [-0.25, -0.2) is 0 Å². The zero-order chi connectivity index (χ0) is 22.4. The number of hydrogen-bond donors (Lipinski definition) is 4. The van der Waals surface area contributed by atoms with E-state index in [2.05, 4.69) is 49.7 Å². The predicted octanol–water partition coefficient (Wildman–Crippen LogP) is 2.16. The van der Waals surface area contributed by atoms with Gasteiger partial charge in [0.1, 0.15) is 5.84 Å². The van der Waals surface area contributed by atoms with Gasteiger partial charge in [0.05, 0.1) is 23.6 Å². The molecule has 9 heteroatoms. The van der Waals surface area contributed by atoms with Crippen LogP contribution >= 0.6 is 15.9 Å². The van der Waals surface area contributed by atoms with Gasteiger partial charge in [-0.2, -0.15) is 5.26 Å². The molecule has 0 bridgehead atoms. The first-order valence-electron chi connectivity index (χ1n) is 10.3. The molecule has 0 radical (unpaired) electrons. The van der Waals surface area contributed by atoms with E-state index in [1.54, 1.807) is 0 Å². The summed E-state index contributed by atoms with van der Waals surface area (Å²) < 4.78 is 1.04. The minimum absolute atomic E-state index is 0.0815. The lowest BCUT2D eigenvalue weighted by atomic mass is 9.84. The Labute approximate surface area is 190 Å². The highest BCUT2D eigenvalue weighted by atomic mass is 79.9. The summed E-state index contributed by atoms with van der Waals surface area (Å²) in [5, 5.41) is 23.1. The molecule has 2 fully saturated rings. The van der Waals surface area contributed by atoms with Crippen molar-refractivity contribution in [1.82, 2.24) is 15.5 Å². The van der Waals surface area contributed by atoms with Crippen LogP contribution in [0.5, 0.6) is 0 Å². The summed E-state index contributed by atoms with van der Waals surface area (Å²) in [4.78, 5) is 26.1. The number of rotatable bonds is 8. The Hall–Kier alpha value is -2.70. The van der Waals surface area contributed by atoms with Gasteiger partial charge in [-0.1, -0.05) is 28.1 Å². The molecule has 0 aromatic heterocycles. The van der Waals surface area contributed by atoms with E-state index in [9.17, 15) is 14.9 Å². The molecule has 1 saturated heterocycles. The molecule has 1 aliphatic carbocycles. The Kier molecular flexibility index (Phi) is 7.46. The van der Waals surface area contributed by atoms with Crippen LogP contribution in [0.2, 0.25) is 0 Å². The van der Waals surface area contributed by atoms with Crippen molar-refractivity contribution in [1.29, 1.82) is 10.7 Å². The van der Waals surface area contributed by atoms with Gasteiger partial charge >= 0.3 is 0 Å². The third-order valence-electron chi connectivity index (χ3n) is 5.78. The highest BCUT2D eigenvalue weighted by Gasteiger charge is 2.35. The summed E-state index contributed by atoms with van der Waals surface area (Å²) in [5.74, 6) is -1.45. The van der Waals surface area contributed by atoms with Gasteiger partial charge in [-0.05, 0) is 43.4 Å². The average molecular weight is 487 g/mol. The average Bonchev–Trinajstić information content (AvgIpc) is 3.55. The molecule has 3 rings (SSSR count). The number of nitriles is 1. The molecule has 5 N–H and O–H groups in total. The number of carbonyl (C=O) groups excluding carboxylic acids is 2. The van der Waals surface area contributed by atoms with Gasteiger partial charge in [-0.15, -0.1) is 0 Å². The highest BCUT2D eigenvalue weighted by molar-refractivity contribution is 9.10. The van der Waals surface area contributed by atoms with Crippen molar-refractivity contribution in [2.24, 2.45) is 11.7 Å². The van der Waals surface area contributed by atoms with Crippen molar-refractivity contribution in [3.63, 3.8) is 0 Å². The molecular weight excluding hydrogens is 460 g/mol. The van der Waals surface area contributed by atoms with E-state index in [1.807, 2.05) is 12.1 Å². The number of hydrogen-bond acceptors (Lipinski definition) is 6. The molecule has 0 unspecified atom stereocenters. The fraction of sp³-hybridized carbons (Fsp3) is 0.455. The van der Waals surface area contributed by atoms with E-state index in [0.717, 1.165) is 36.9 Å². The number of amidine groups is 1. The van der Waals surface area contributed by atoms with Gasteiger partial charge < -0.3 is 16.4 Å². The number of primary amides is 1. The van der Waals surface area contributed by atoms with E-state index in [-0.39, 0.29) is 29.7 Å². The Bertz CT molecular complexity index is 926. The number of amides is 2. The maximum absolute atomic E-state index is 11.9. The molecule has 1 aliphatic heterocycles. The minimum atomic E-state index is -0.798. The standard InChI is InChI=1S/C22H27BrN6O2/c23-17-3-1-2-15(12-17)14-29-10-7-22(6-9-24,8-11-29)27-13-18(20(26)30)19(25)28-21(31)16-4-5-16/h1-3,12-13,16,27H,4-8,10-11,14H2,(H2,26,30)(H2,25,28,31)/b18-13+. The SMILES string of the molecule is N#CCC1(N/C=C(\C(=N)NC(=O)C2CC2)C(N)=O)CCN(Cc2cccc(Br)c2)CC1. The number of nitrogens with two attached hydrogens (primary N) is 1. The summed E-state index contributed by atoms with van der Waals surface area (Å²) >= 11 is 3.50. The number of nitrogens with one attached hydrogen (secondary N) is 3. The second-order valence-electron chi connectivity index (χ2n) is 8.23. The Morgan fingerprint density at radius 3 is 2.65 bits per heavy atom. The van der Waals surface area contributed by atoms with Crippen LogP contribution in [-0.2, 0) is 16.1 Å². The van der Waals surface area contributed by atoms with Crippen molar-refractivity contribution in [2.45, 2.75) is 44.2 Å². The van der Waals surface area contributed by atoms with Crippen molar-refractivity contribution >= 4 is 33.6 Å². The van der Waals surface area contributed by atoms with Crippen LogP contribution < -0.4 is 16.4 Å². The van der Waals surface area contributed by atoms with Crippen LogP contribution in [0.1, 0.15) is 37.7 Å².